The molecule has 0 saturated carbocycles. The average molecular weight is 386 g/mol. The summed E-state index contributed by atoms with van der Waals surface area (Å²) in [7, 11) is 0. The van der Waals surface area contributed by atoms with Gasteiger partial charge in [-0.1, -0.05) is 53.8 Å². The maximum Gasteiger partial charge on any atom is 0.297 e. The van der Waals surface area contributed by atoms with E-state index >= 15 is 0 Å². The van der Waals surface area contributed by atoms with E-state index in [4.69, 9.17) is 0 Å². The van der Waals surface area contributed by atoms with Gasteiger partial charge in [-0.15, -0.1) is 5.10 Å². The van der Waals surface area contributed by atoms with Gasteiger partial charge >= 0.3 is 0 Å². The van der Waals surface area contributed by atoms with Crippen molar-refractivity contribution in [3.63, 3.8) is 0 Å². The normalized spacial score (nSPS) is 11.2. The van der Waals surface area contributed by atoms with Crippen LogP contribution in [0.1, 0.15) is 16.3 Å². The molecule has 1 N–H and O–H groups in total. The van der Waals surface area contributed by atoms with Gasteiger partial charge < -0.3 is 0 Å². The van der Waals surface area contributed by atoms with E-state index in [0.29, 0.717) is 10.9 Å². The van der Waals surface area contributed by atoms with Gasteiger partial charge in [-0.05, 0) is 25.1 Å². The Kier molecular flexibility index (Phi) is 3.84. The molecule has 0 aliphatic heterocycles. The number of hydrogen-bond donors (Lipinski definition) is 1. The van der Waals surface area contributed by atoms with Gasteiger partial charge in [0.25, 0.3) is 11.7 Å². The number of nitrogens with one attached hydrogen (secondary N) is 1. The maximum atomic E-state index is 12.6. The second-order valence-electron chi connectivity index (χ2n) is 6.24. The standard InChI is InChI=1S/C20H14N6OS/c1-12-11-15(13-7-3-2-4-8-13)21-19-23-17(25-26(12)19)18(27)24-20-22-14-9-5-6-10-16(14)28-20/h2-11H,1H3,(H,22,24,27). The van der Waals surface area contributed by atoms with Crippen LogP contribution in [0.4, 0.5) is 5.13 Å². The molecule has 5 aromatic rings. The Labute approximate surface area is 163 Å². The molecule has 3 aromatic heterocycles. The molecule has 0 unspecified atom stereocenters. The first-order valence-corrected chi connectivity index (χ1v) is 9.46. The van der Waals surface area contributed by atoms with Crippen molar-refractivity contribution in [3.05, 3.63) is 72.2 Å². The van der Waals surface area contributed by atoms with E-state index in [-0.39, 0.29) is 5.82 Å². The van der Waals surface area contributed by atoms with Crippen molar-refractivity contribution >= 4 is 38.4 Å². The molecule has 0 bridgehead atoms. The molecule has 7 nitrogen and oxygen atoms in total. The van der Waals surface area contributed by atoms with Gasteiger partial charge in [0.05, 0.1) is 15.9 Å². The average Bonchev–Trinajstić information content (AvgIpc) is 3.32. The van der Waals surface area contributed by atoms with E-state index in [1.165, 1.54) is 11.3 Å². The number of carbonyl (C=O) groups excluding carboxylic acids is 1. The molecular weight excluding hydrogens is 372 g/mol. The number of hydrogen-bond acceptors (Lipinski definition) is 6. The van der Waals surface area contributed by atoms with Crippen molar-refractivity contribution in [1.82, 2.24) is 24.6 Å². The molecule has 3 heterocycles. The van der Waals surface area contributed by atoms with Crippen LogP contribution in [0.2, 0.25) is 0 Å². The first kappa shape index (κ1) is 16.5. The molecule has 5 rings (SSSR count). The van der Waals surface area contributed by atoms with E-state index in [1.807, 2.05) is 67.6 Å². The van der Waals surface area contributed by atoms with E-state index in [2.05, 4.69) is 25.4 Å². The van der Waals surface area contributed by atoms with Crippen molar-refractivity contribution < 1.29 is 4.79 Å². The van der Waals surface area contributed by atoms with Crippen LogP contribution in [0.15, 0.2) is 60.7 Å². The second kappa shape index (κ2) is 6.50. The molecule has 2 aromatic carbocycles. The Morgan fingerprint density at radius 1 is 1.00 bits per heavy atom. The summed E-state index contributed by atoms with van der Waals surface area (Å²) >= 11 is 1.41. The highest BCUT2D eigenvalue weighted by molar-refractivity contribution is 7.22. The number of para-hydroxylation sites is 1. The number of thiazole rings is 1. The second-order valence-corrected chi connectivity index (χ2v) is 7.27. The minimum atomic E-state index is -0.412. The summed E-state index contributed by atoms with van der Waals surface area (Å²) < 4.78 is 2.57. The highest BCUT2D eigenvalue weighted by atomic mass is 32.1. The Morgan fingerprint density at radius 2 is 1.79 bits per heavy atom. The third kappa shape index (κ3) is 2.89. The summed E-state index contributed by atoms with van der Waals surface area (Å²) in [6.07, 6.45) is 0. The number of fused-ring (bicyclic) bond motifs is 2. The zero-order valence-corrected chi connectivity index (χ0v) is 15.6. The molecule has 28 heavy (non-hydrogen) atoms. The molecule has 1 amide bonds. The summed E-state index contributed by atoms with van der Waals surface area (Å²) in [6.45, 7) is 1.91. The lowest BCUT2D eigenvalue weighted by Gasteiger charge is -2.03. The number of carbonyl (C=O) groups is 1. The smallest absolute Gasteiger partial charge is 0.295 e. The minimum Gasteiger partial charge on any atom is -0.295 e. The largest absolute Gasteiger partial charge is 0.297 e. The summed E-state index contributed by atoms with van der Waals surface area (Å²) in [5.41, 5.74) is 3.46. The molecule has 8 heteroatoms. The van der Waals surface area contributed by atoms with E-state index < -0.39 is 5.91 Å². The van der Waals surface area contributed by atoms with Crippen LogP contribution in [-0.2, 0) is 0 Å². The number of nitrogens with zero attached hydrogens (tertiary/aromatic N) is 5. The Hall–Kier alpha value is -3.65. The molecular formula is C20H14N6OS. The minimum absolute atomic E-state index is 0.0556. The van der Waals surface area contributed by atoms with Gasteiger partial charge in [0.2, 0.25) is 5.82 Å². The van der Waals surface area contributed by atoms with Crippen molar-refractivity contribution in [1.29, 1.82) is 0 Å². The van der Waals surface area contributed by atoms with Crippen LogP contribution in [0.25, 0.3) is 27.3 Å². The molecule has 0 aliphatic rings. The molecule has 0 atom stereocenters. The SMILES string of the molecule is Cc1cc(-c2ccccc2)nc2nc(C(=O)Nc3nc4ccccc4s3)nn12. The molecule has 0 fully saturated rings. The van der Waals surface area contributed by atoms with Crippen molar-refractivity contribution in [2.45, 2.75) is 6.92 Å². The van der Waals surface area contributed by atoms with E-state index in [0.717, 1.165) is 27.2 Å². The third-order valence-corrected chi connectivity index (χ3v) is 5.23. The van der Waals surface area contributed by atoms with Gasteiger partial charge in [-0.2, -0.15) is 4.98 Å². The fourth-order valence-corrected chi connectivity index (χ4v) is 3.80. The molecule has 0 saturated heterocycles. The number of rotatable bonds is 3. The van der Waals surface area contributed by atoms with Gasteiger partial charge in [0.15, 0.2) is 5.13 Å². The monoisotopic (exact) mass is 386 g/mol. The van der Waals surface area contributed by atoms with Gasteiger partial charge in [0.1, 0.15) is 0 Å². The van der Waals surface area contributed by atoms with Crippen LogP contribution in [0.5, 0.6) is 0 Å². The number of aromatic nitrogens is 5. The van der Waals surface area contributed by atoms with Gasteiger partial charge in [-0.3, -0.25) is 10.1 Å². The summed E-state index contributed by atoms with van der Waals surface area (Å²) in [5, 5.41) is 7.60. The number of anilines is 1. The molecule has 0 spiro atoms. The lowest BCUT2D eigenvalue weighted by atomic mass is 10.1. The predicted octanol–water partition coefficient (Wildman–Crippen LogP) is 3.96. The third-order valence-electron chi connectivity index (χ3n) is 4.28. The zero-order valence-electron chi connectivity index (χ0n) is 14.8. The van der Waals surface area contributed by atoms with Crippen LogP contribution >= 0.6 is 11.3 Å². The van der Waals surface area contributed by atoms with Crippen LogP contribution in [-0.4, -0.2) is 30.5 Å². The lowest BCUT2D eigenvalue weighted by molar-refractivity contribution is 0.101. The van der Waals surface area contributed by atoms with E-state index in [9.17, 15) is 4.79 Å². The summed E-state index contributed by atoms with van der Waals surface area (Å²) in [5.74, 6) is 0.0265. The number of amides is 1. The first-order valence-electron chi connectivity index (χ1n) is 8.64. The lowest BCUT2D eigenvalue weighted by Crippen LogP contribution is -2.13. The Balaban J connectivity index is 1.48. The highest BCUT2D eigenvalue weighted by Gasteiger charge is 2.17. The quantitative estimate of drug-likeness (QED) is 0.507. The molecule has 0 aliphatic carbocycles. The highest BCUT2D eigenvalue weighted by Crippen LogP contribution is 2.25. The van der Waals surface area contributed by atoms with Gasteiger partial charge in [0, 0.05) is 11.3 Å². The van der Waals surface area contributed by atoms with Crippen molar-refractivity contribution in [2.75, 3.05) is 5.32 Å². The fraction of sp³-hybridized carbons (Fsp3) is 0.0500. The molecule has 136 valence electrons. The first-order chi connectivity index (χ1) is 13.7. The summed E-state index contributed by atoms with van der Waals surface area (Å²) in [4.78, 5) is 25.9. The Bertz CT molecular complexity index is 1290. The predicted molar refractivity (Wildman–Crippen MR) is 109 cm³/mol. The Morgan fingerprint density at radius 3 is 2.61 bits per heavy atom. The number of aryl methyl sites for hydroxylation is 1. The number of benzene rings is 2. The fourth-order valence-electron chi connectivity index (χ4n) is 2.94. The van der Waals surface area contributed by atoms with Crippen LogP contribution in [0, 0.1) is 6.92 Å². The maximum absolute atomic E-state index is 12.6. The zero-order chi connectivity index (χ0) is 19.1. The topological polar surface area (TPSA) is 85.1 Å². The van der Waals surface area contributed by atoms with E-state index in [1.54, 1.807) is 4.52 Å². The van der Waals surface area contributed by atoms with Crippen molar-refractivity contribution in [2.24, 2.45) is 0 Å². The summed E-state index contributed by atoms with van der Waals surface area (Å²) in [6, 6.07) is 19.5. The molecule has 0 radical (unpaired) electrons. The van der Waals surface area contributed by atoms with Gasteiger partial charge in [-0.25, -0.2) is 14.5 Å². The van der Waals surface area contributed by atoms with Crippen LogP contribution in [0.3, 0.4) is 0 Å². The van der Waals surface area contributed by atoms with Crippen LogP contribution < -0.4 is 5.32 Å². The van der Waals surface area contributed by atoms with Crippen molar-refractivity contribution in [3.8, 4) is 11.3 Å².